The predicted octanol–water partition coefficient (Wildman–Crippen LogP) is 9.34. The van der Waals surface area contributed by atoms with Crippen LogP contribution in [0.25, 0.3) is 0 Å². The highest BCUT2D eigenvalue weighted by Gasteiger charge is 2.53. The minimum Gasteiger partial charge on any atom is -0.0625 e. The van der Waals surface area contributed by atoms with E-state index in [1.165, 1.54) is 19.3 Å². The Morgan fingerprint density at radius 2 is 1.00 bits per heavy atom. The second-order valence-corrected chi connectivity index (χ2v) is 13.1. The van der Waals surface area contributed by atoms with Crippen LogP contribution in [0.2, 0.25) is 0 Å². The molecule has 0 aromatic heterocycles. The smallest absolute Gasteiger partial charge is 0.0246 e. The third-order valence-electron chi connectivity index (χ3n) is 11.2. The Labute approximate surface area is 180 Å². The first kappa shape index (κ1) is 26.0. The van der Waals surface area contributed by atoms with E-state index in [0.717, 1.165) is 47.3 Å². The third kappa shape index (κ3) is 4.51. The summed E-state index contributed by atoms with van der Waals surface area (Å²) in [5.74, 6) is 7.05. The van der Waals surface area contributed by atoms with Crippen LogP contribution in [0.5, 0.6) is 0 Å². The molecule has 0 radical (unpaired) electrons. The van der Waals surface area contributed by atoms with Gasteiger partial charge in [-0.1, -0.05) is 103 Å². The molecule has 2 aliphatic carbocycles. The van der Waals surface area contributed by atoms with Crippen molar-refractivity contribution in [1.29, 1.82) is 0 Å². The lowest BCUT2D eigenvalue weighted by molar-refractivity contribution is -0.103. The summed E-state index contributed by atoms with van der Waals surface area (Å²) in [6.45, 7) is 34.2. The van der Waals surface area contributed by atoms with Gasteiger partial charge >= 0.3 is 0 Å². The van der Waals surface area contributed by atoms with Crippen molar-refractivity contribution in [2.75, 3.05) is 0 Å². The Morgan fingerprint density at radius 1 is 0.607 bits per heavy atom. The van der Waals surface area contributed by atoms with Gasteiger partial charge in [0.1, 0.15) is 0 Å². The molecule has 0 amide bonds. The number of rotatable bonds is 2. The van der Waals surface area contributed by atoms with E-state index in [1.807, 2.05) is 0 Å². The first-order valence-electron chi connectivity index (χ1n) is 12.5. The van der Waals surface area contributed by atoms with E-state index in [9.17, 15) is 0 Å². The minimum absolute atomic E-state index is 0.451. The molecule has 0 heteroatoms. The monoisotopic (exact) mass is 392 g/mol. The molecule has 5 unspecified atom stereocenters. The summed E-state index contributed by atoms with van der Waals surface area (Å²) >= 11 is 0. The maximum absolute atomic E-state index is 2.50. The van der Waals surface area contributed by atoms with Crippen molar-refractivity contribution in [3.63, 3.8) is 0 Å². The van der Waals surface area contributed by atoms with Gasteiger partial charge in [0.25, 0.3) is 0 Å². The molecule has 0 aromatic rings. The summed E-state index contributed by atoms with van der Waals surface area (Å²) in [6.07, 6.45) is 4.20. The Hall–Kier alpha value is 0. The highest BCUT2D eigenvalue weighted by molar-refractivity contribution is 5.02. The van der Waals surface area contributed by atoms with E-state index in [0.29, 0.717) is 16.2 Å². The molecule has 2 saturated carbocycles. The van der Waals surface area contributed by atoms with Crippen LogP contribution < -0.4 is 0 Å². The summed E-state index contributed by atoms with van der Waals surface area (Å²) in [5.41, 5.74) is 1.45. The van der Waals surface area contributed by atoms with Crippen LogP contribution in [0.3, 0.4) is 0 Å². The van der Waals surface area contributed by atoms with Gasteiger partial charge in [0.05, 0.1) is 0 Å². The molecule has 28 heavy (non-hydrogen) atoms. The van der Waals surface area contributed by atoms with E-state index in [-0.39, 0.29) is 0 Å². The lowest BCUT2D eigenvalue weighted by Crippen LogP contribution is -2.51. The zero-order chi connectivity index (χ0) is 22.2. The molecule has 0 spiro atoms. The van der Waals surface area contributed by atoms with Gasteiger partial charge in [0.15, 0.2) is 0 Å². The van der Waals surface area contributed by atoms with Crippen LogP contribution in [0.1, 0.15) is 116 Å². The zero-order valence-corrected chi connectivity index (χ0v) is 22.2. The van der Waals surface area contributed by atoms with Crippen molar-refractivity contribution in [3.8, 4) is 0 Å². The maximum atomic E-state index is 2.50. The normalized spacial score (nSPS) is 42.9. The molecule has 0 nitrogen and oxygen atoms in total. The van der Waals surface area contributed by atoms with E-state index >= 15 is 0 Å². The first-order valence-corrected chi connectivity index (χ1v) is 12.5. The Morgan fingerprint density at radius 3 is 1.32 bits per heavy atom. The standard InChI is InChI=1S/2C14H28/c1-11(2)14(7)10-8-9-12(3,4)13(14,5)6;1-8(2)14-12(6)10(4)9(3)11(5)13(14)7/h11H,8-10H2,1-7H3;8-14H,1-7H3. The first-order chi connectivity index (χ1) is 12.5. The quantitative estimate of drug-likeness (QED) is 0.439. The summed E-state index contributed by atoms with van der Waals surface area (Å²) in [4.78, 5) is 0. The molecule has 0 heterocycles. The summed E-state index contributed by atoms with van der Waals surface area (Å²) in [7, 11) is 0. The van der Waals surface area contributed by atoms with Crippen molar-refractivity contribution in [2.24, 2.45) is 63.6 Å². The van der Waals surface area contributed by atoms with E-state index in [4.69, 9.17) is 0 Å². The summed E-state index contributed by atoms with van der Waals surface area (Å²) in [6, 6.07) is 0. The van der Waals surface area contributed by atoms with Gasteiger partial charge in [-0.3, -0.25) is 0 Å². The van der Waals surface area contributed by atoms with E-state index in [1.54, 1.807) is 0 Å². The molecule has 0 aliphatic heterocycles. The fraction of sp³-hybridized carbons (Fsp3) is 1.00. The molecular weight excluding hydrogens is 336 g/mol. The van der Waals surface area contributed by atoms with Crippen molar-refractivity contribution in [1.82, 2.24) is 0 Å². The summed E-state index contributed by atoms with van der Waals surface area (Å²) in [5, 5.41) is 0. The van der Waals surface area contributed by atoms with Crippen LogP contribution in [-0.4, -0.2) is 0 Å². The van der Waals surface area contributed by atoms with Gasteiger partial charge < -0.3 is 0 Å². The molecule has 2 rings (SSSR count). The predicted molar refractivity (Wildman–Crippen MR) is 129 cm³/mol. The largest absolute Gasteiger partial charge is 0.0625 e. The van der Waals surface area contributed by atoms with Crippen molar-refractivity contribution >= 4 is 0 Å². The van der Waals surface area contributed by atoms with Gasteiger partial charge in [0.2, 0.25) is 0 Å². The highest BCUT2D eigenvalue weighted by atomic mass is 14.6. The average Bonchev–Trinajstić information content (AvgIpc) is 2.56. The molecule has 5 atom stereocenters. The molecule has 168 valence electrons. The van der Waals surface area contributed by atoms with Crippen LogP contribution >= 0.6 is 0 Å². The highest BCUT2D eigenvalue weighted by Crippen LogP contribution is 2.62. The van der Waals surface area contributed by atoms with Crippen molar-refractivity contribution < 1.29 is 0 Å². The summed E-state index contributed by atoms with van der Waals surface area (Å²) < 4.78 is 0. The van der Waals surface area contributed by atoms with Gasteiger partial charge in [-0.05, 0) is 76.4 Å². The Balaban J connectivity index is 0.000000280. The average molecular weight is 393 g/mol. The van der Waals surface area contributed by atoms with Gasteiger partial charge in [-0.2, -0.15) is 0 Å². The van der Waals surface area contributed by atoms with Crippen molar-refractivity contribution in [3.05, 3.63) is 0 Å². The Kier molecular flexibility index (Phi) is 8.38. The van der Waals surface area contributed by atoms with Crippen LogP contribution in [-0.2, 0) is 0 Å². The molecule has 0 aromatic carbocycles. The van der Waals surface area contributed by atoms with Crippen LogP contribution in [0.4, 0.5) is 0 Å². The fourth-order valence-corrected chi connectivity index (χ4v) is 7.14. The third-order valence-corrected chi connectivity index (χ3v) is 11.2. The van der Waals surface area contributed by atoms with Gasteiger partial charge in [-0.15, -0.1) is 0 Å². The maximum Gasteiger partial charge on any atom is -0.0246 e. The van der Waals surface area contributed by atoms with Gasteiger partial charge in [0, 0.05) is 0 Å². The SMILES string of the molecule is CC(C)C1(C)CCCC(C)(C)C1(C)C.CC(C)C1C(C)C(C)C(C)C(C)C1C. The molecule has 0 N–H and O–H groups in total. The van der Waals surface area contributed by atoms with E-state index in [2.05, 4.69) is 96.9 Å². The van der Waals surface area contributed by atoms with Gasteiger partial charge in [-0.25, -0.2) is 0 Å². The van der Waals surface area contributed by atoms with Crippen LogP contribution in [0, 0.1) is 63.6 Å². The number of hydrogen-bond donors (Lipinski definition) is 0. The second-order valence-electron chi connectivity index (χ2n) is 13.1. The molecule has 2 aliphatic rings. The molecule has 2 fully saturated rings. The minimum atomic E-state index is 0.451. The lowest BCUT2D eigenvalue weighted by Gasteiger charge is -2.59. The topological polar surface area (TPSA) is 0 Å². The molecule has 0 saturated heterocycles. The Bertz CT molecular complexity index is 464. The molecule has 0 bridgehead atoms. The van der Waals surface area contributed by atoms with Crippen LogP contribution in [0.15, 0.2) is 0 Å². The van der Waals surface area contributed by atoms with Crippen molar-refractivity contribution in [2.45, 2.75) is 116 Å². The number of hydrogen-bond acceptors (Lipinski definition) is 0. The second kappa shape index (κ2) is 9.01. The van der Waals surface area contributed by atoms with E-state index < -0.39 is 0 Å². The molecular formula is C28H56. The zero-order valence-electron chi connectivity index (χ0n) is 22.2. The fourth-order valence-electron chi connectivity index (χ4n) is 7.14. The lowest BCUT2D eigenvalue weighted by atomic mass is 9.45.